The summed E-state index contributed by atoms with van der Waals surface area (Å²) >= 11 is 5.83. The predicted octanol–water partition coefficient (Wildman–Crippen LogP) is 1.88. The van der Waals surface area contributed by atoms with Crippen LogP contribution < -0.4 is 0 Å². The lowest BCUT2D eigenvalue weighted by molar-refractivity contribution is -0.125. The molecule has 1 fully saturated rings. The van der Waals surface area contributed by atoms with Gasteiger partial charge >= 0.3 is 0 Å². The summed E-state index contributed by atoms with van der Waals surface area (Å²) in [6.07, 6.45) is 4.38. The van der Waals surface area contributed by atoms with Gasteiger partial charge in [0.2, 0.25) is 5.91 Å². The number of carbonyl (C=O) groups is 1. The van der Waals surface area contributed by atoms with Crippen molar-refractivity contribution < 1.29 is 9.90 Å². The van der Waals surface area contributed by atoms with E-state index in [1.807, 2.05) is 35.2 Å². The van der Waals surface area contributed by atoms with Gasteiger partial charge in [0.25, 0.3) is 0 Å². The highest BCUT2D eigenvalue weighted by atomic mass is 35.5. The van der Waals surface area contributed by atoms with E-state index in [0.717, 1.165) is 31.6 Å². The molecule has 0 aromatic heterocycles. The second-order valence-electron chi connectivity index (χ2n) is 5.13. The Bertz CT molecular complexity index is 488. The van der Waals surface area contributed by atoms with Gasteiger partial charge in [-0.3, -0.25) is 9.69 Å². The fourth-order valence-electron chi connectivity index (χ4n) is 2.40. The fraction of sp³-hybridized carbons (Fsp3) is 0.438. The zero-order valence-corrected chi connectivity index (χ0v) is 12.8. The summed E-state index contributed by atoms with van der Waals surface area (Å²) in [5, 5.41) is 9.66. The zero-order valence-electron chi connectivity index (χ0n) is 12.0. The number of aliphatic hydroxyl groups is 1. The zero-order chi connectivity index (χ0) is 15.1. The second kappa shape index (κ2) is 8.17. The fourth-order valence-corrected chi connectivity index (χ4v) is 2.53. The molecule has 1 aliphatic heterocycles. The molecule has 0 spiro atoms. The molecule has 0 aliphatic carbocycles. The molecule has 0 atom stereocenters. The van der Waals surface area contributed by atoms with Crippen molar-refractivity contribution in [2.75, 3.05) is 39.3 Å². The number of halogens is 1. The first-order chi connectivity index (χ1) is 10.2. The lowest BCUT2D eigenvalue weighted by atomic mass is 10.2. The van der Waals surface area contributed by atoms with Crippen LogP contribution in [0.5, 0.6) is 0 Å². The molecular formula is C16H21ClN2O2. The van der Waals surface area contributed by atoms with Crippen LogP contribution in [0.2, 0.25) is 5.02 Å². The summed E-state index contributed by atoms with van der Waals surface area (Å²) in [5.74, 6) is 0.0378. The average Bonchev–Trinajstić information content (AvgIpc) is 2.72. The van der Waals surface area contributed by atoms with Crippen LogP contribution in [0.15, 0.2) is 30.3 Å². The smallest absolute Gasteiger partial charge is 0.246 e. The Morgan fingerprint density at radius 1 is 1.19 bits per heavy atom. The summed E-state index contributed by atoms with van der Waals surface area (Å²) in [6, 6.07) is 7.39. The third kappa shape index (κ3) is 5.16. The molecule has 1 aliphatic rings. The van der Waals surface area contributed by atoms with Gasteiger partial charge in [-0.2, -0.15) is 0 Å². The Balaban J connectivity index is 1.89. The number of hydrogen-bond donors (Lipinski definition) is 1. The molecule has 1 aromatic carbocycles. The van der Waals surface area contributed by atoms with Crippen LogP contribution in [-0.4, -0.2) is 60.1 Å². The number of amides is 1. The predicted molar refractivity (Wildman–Crippen MR) is 85.2 cm³/mol. The third-order valence-corrected chi connectivity index (χ3v) is 3.86. The van der Waals surface area contributed by atoms with E-state index in [0.29, 0.717) is 18.1 Å². The van der Waals surface area contributed by atoms with Crippen molar-refractivity contribution in [2.45, 2.75) is 6.42 Å². The van der Waals surface area contributed by atoms with E-state index in [9.17, 15) is 4.79 Å². The minimum Gasteiger partial charge on any atom is -0.395 e. The van der Waals surface area contributed by atoms with Crippen LogP contribution in [0.1, 0.15) is 12.0 Å². The largest absolute Gasteiger partial charge is 0.395 e. The van der Waals surface area contributed by atoms with Crippen molar-refractivity contribution in [2.24, 2.45) is 0 Å². The van der Waals surface area contributed by atoms with Gasteiger partial charge in [0, 0.05) is 37.3 Å². The van der Waals surface area contributed by atoms with Gasteiger partial charge < -0.3 is 10.0 Å². The molecular weight excluding hydrogens is 288 g/mol. The van der Waals surface area contributed by atoms with E-state index in [-0.39, 0.29) is 12.5 Å². The number of rotatable bonds is 4. The Morgan fingerprint density at radius 3 is 2.67 bits per heavy atom. The van der Waals surface area contributed by atoms with Crippen molar-refractivity contribution in [3.8, 4) is 0 Å². The Morgan fingerprint density at radius 2 is 1.95 bits per heavy atom. The first kappa shape index (κ1) is 16.0. The van der Waals surface area contributed by atoms with E-state index in [1.165, 1.54) is 0 Å². The molecule has 0 unspecified atom stereocenters. The van der Waals surface area contributed by atoms with E-state index < -0.39 is 0 Å². The molecule has 1 saturated heterocycles. The first-order valence-corrected chi connectivity index (χ1v) is 7.62. The number of aliphatic hydroxyl groups excluding tert-OH is 1. The minimum atomic E-state index is 0.0378. The average molecular weight is 309 g/mol. The van der Waals surface area contributed by atoms with E-state index in [2.05, 4.69) is 4.90 Å². The van der Waals surface area contributed by atoms with Crippen molar-refractivity contribution >= 4 is 23.6 Å². The van der Waals surface area contributed by atoms with E-state index >= 15 is 0 Å². The van der Waals surface area contributed by atoms with Crippen LogP contribution in [0.4, 0.5) is 0 Å². The molecule has 1 amide bonds. The molecule has 114 valence electrons. The molecule has 5 heteroatoms. The first-order valence-electron chi connectivity index (χ1n) is 7.25. The highest BCUT2D eigenvalue weighted by molar-refractivity contribution is 6.30. The molecule has 1 heterocycles. The van der Waals surface area contributed by atoms with Gasteiger partial charge in [-0.15, -0.1) is 0 Å². The molecule has 21 heavy (non-hydrogen) atoms. The Hall–Kier alpha value is -1.36. The lowest BCUT2D eigenvalue weighted by Crippen LogP contribution is -2.35. The number of β-amino-alcohol motifs (C(OH)–C–C–N with tert-alkyl or cyclic N) is 1. The Labute approximate surface area is 130 Å². The van der Waals surface area contributed by atoms with Gasteiger partial charge in [0.15, 0.2) is 0 Å². The molecule has 0 saturated carbocycles. The van der Waals surface area contributed by atoms with Crippen LogP contribution in [0.25, 0.3) is 6.08 Å². The number of carbonyl (C=O) groups excluding carboxylic acids is 1. The van der Waals surface area contributed by atoms with Crippen molar-refractivity contribution in [3.05, 3.63) is 40.9 Å². The maximum atomic E-state index is 12.2. The van der Waals surface area contributed by atoms with Gasteiger partial charge in [0.05, 0.1) is 6.61 Å². The summed E-state index contributed by atoms with van der Waals surface area (Å²) in [7, 11) is 0. The maximum Gasteiger partial charge on any atom is 0.246 e. The minimum absolute atomic E-state index is 0.0378. The van der Waals surface area contributed by atoms with Crippen molar-refractivity contribution in [1.29, 1.82) is 0 Å². The lowest BCUT2D eigenvalue weighted by Gasteiger charge is -2.20. The Kier molecular flexibility index (Phi) is 6.23. The highest BCUT2D eigenvalue weighted by Crippen LogP contribution is 2.11. The summed E-state index contributed by atoms with van der Waals surface area (Å²) in [6.45, 7) is 4.09. The quantitative estimate of drug-likeness (QED) is 0.864. The van der Waals surface area contributed by atoms with Crippen LogP contribution in [-0.2, 0) is 4.79 Å². The van der Waals surface area contributed by atoms with Crippen LogP contribution >= 0.6 is 11.6 Å². The summed E-state index contributed by atoms with van der Waals surface area (Å²) < 4.78 is 0. The van der Waals surface area contributed by atoms with Gasteiger partial charge in [-0.25, -0.2) is 0 Å². The molecule has 0 bridgehead atoms. The van der Waals surface area contributed by atoms with E-state index in [1.54, 1.807) is 6.08 Å². The molecule has 1 N–H and O–H groups in total. The second-order valence-corrected chi connectivity index (χ2v) is 5.57. The topological polar surface area (TPSA) is 43.8 Å². The van der Waals surface area contributed by atoms with Gasteiger partial charge in [-0.05, 0) is 36.7 Å². The monoisotopic (exact) mass is 308 g/mol. The van der Waals surface area contributed by atoms with Crippen molar-refractivity contribution in [3.63, 3.8) is 0 Å². The van der Waals surface area contributed by atoms with E-state index in [4.69, 9.17) is 16.7 Å². The standard InChI is InChI=1S/C16H21ClN2O2/c17-15-5-2-14(3-6-15)4-7-16(21)19-9-1-8-18(10-11-19)12-13-20/h2-7,20H,1,8-13H2. The van der Waals surface area contributed by atoms with Crippen molar-refractivity contribution in [1.82, 2.24) is 9.80 Å². The number of benzene rings is 1. The maximum absolute atomic E-state index is 12.2. The van der Waals surface area contributed by atoms with Gasteiger partial charge in [0.1, 0.15) is 0 Å². The highest BCUT2D eigenvalue weighted by Gasteiger charge is 2.16. The van der Waals surface area contributed by atoms with Gasteiger partial charge in [-0.1, -0.05) is 23.7 Å². The molecule has 0 radical (unpaired) electrons. The molecule has 4 nitrogen and oxygen atoms in total. The third-order valence-electron chi connectivity index (χ3n) is 3.60. The number of hydrogen-bond acceptors (Lipinski definition) is 3. The summed E-state index contributed by atoms with van der Waals surface area (Å²) in [4.78, 5) is 16.3. The van der Waals surface area contributed by atoms with Crippen LogP contribution in [0, 0.1) is 0 Å². The number of nitrogens with zero attached hydrogens (tertiary/aromatic N) is 2. The normalized spacial score (nSPS) is 17.1. The molecule has 2 rings (SSSR count). The summed E-state index contributed by atoms with van der Waals surface area (Å²) in [5.41, 5.74) is 0.962. The van der Waals surface area contributed by atoms with Crippen LogP contribution in [0.3, 0.4) is 0 Å². The SMILES string of the molecule is O=C(C=Cc1ccc(Cl)cc1)N1CCCN(CCO)CC1. The molecule has 1 aromatic rings.